The second-order valence-corrected chi connectivity index (χ2v) is 7.11. The van der Waals surface area contributed by atoms with Crippen molar-refractivity contribution in [2.75, 3.05) is 7.05 Å². The van der Waals surface area contributed by atoms with Crippen molar-refractivity contribution in [3.63, 3.8) is 0 Å². The maximum Gasteiger partial charge on any atom is 0.168 e. The zero-order valence-corrected chi connectivity index (χ0v) is 12.7. The van der Waals surface area contributed by atoms with Crippen molar-refractivity contribution >= 4 is 11.3 Å². The van der Waals surface area contributed by atoms with Crippen LogP contribution in [0.2, 0.25) is 0 Å². The van der Waals surface area contributed by atoms with E-state index in [0.29, 0.717) is 11.5 Å². The van der Waals surface area contributed by atoms with Gasteiger partial charge in [0.2, 0.25) is 0 Å². The molecular formula is C14H20N4S. The first-order valence-corrected chi connectivity index (χ1v) is 7.46. The van der Waals surface area contributed by atoms with Gasteiger partial charge in [-0.2, -0.15) is 0 Å². The Kier molecular flexibility index (Phi) is 2.98. The highest BCUT2D eigenvalue weighted by Crippen LogP contribution is 2.44. The number of aromatic nitrogens is 3. The molecule has 1 unspecified atom stereocenters. The van der Waals surface area contributed by atoms with Gasteiger partial charge in [-0.3, -0.25) is 0 Å². The SMILES string of the molecule is CNC1CC(C)(C)Cc2nc(-c3nccn3C)sc21. The Hall–Kier alpha value is -1.20. The van der Waals surface area contributed by atoms with E-state index in [1.165, 1.54) is 17.0 Å². The van der Waals surface area contributed by atoms with Crippen LogP contribution in [0.3, 0.4) is 0 Å². The van der Waals surface area contributed by atoms with Crippen LogP contribution in [0.25, 0.3) is 10.8 Å². The Balaban J connectivity index is 2.05. The highest BCUT2D eigenvalue weighted by atomic mass is 32.1. The molecule has 102 valence electrons. The topological polar surface area (TPSA) is 42.7 Å². The van der Waals surface area contributed by atoms with E-state index in [-0.39, 0.29) is 0 Å². The monoisotopic (exact) mass is 276 g/mol. The summed E-state index contributed by atoms with van der Waals surface area (Å²) in [4.78, 5) is 10.6. The van der Waals surface area contributed by atoms with Gasteiger partial charge in [-0.05, 0) is 25.3 Å². The largest absolute Gasteiger partial charge is 0.332 e. The van der Waals surface area contributed by atoms with E-state index in [0.717, 1.165) is 17.3 Å². The van der Waals surface area contributed by atoms with E-state index >= 15 is 0 Å². The first kappa shape index (κ1) is 12.8. The van der Waals surface area contributed by atoms with Crippen molar-refractivity contribution in [3.8, 4) is 10.8 Å². The van der Waals surface area contributed by atoms with Gasteiger partial charge in [-0.25, -0.2) is 9.97 Å². The lowest BCUT2D eigenvalue weighted by molar-refractivity contribution is 0.265. The molecule has 1 atom stereocenters. The lowest BCUT2D eigenvalue weighted by Gasteiger charge is -2.34. The van der Waals surface area contributed by atoms with Gasteiger partial charge in [-0.1, -0.05) is 13.8 Å². The average molecular weight is 276 g/mol. The second-order valence-electron chi connectivity index (χ2n) is 6.08. The zero-order chi connectivity index (χ0) is 13.6. The van der Waals surface area contributed by atoms with Crippen LogP contribution < -0.4 is 5.32 Å². The van der Waals surface area contributed by atoms with Crippen LogP contribution in [0.4, 0.5) is 0 Å². The Labute approximate surface area is 117 Å². The van der Waals surface area contributed by atoms with Gasteiger partial charge in [0.25, 0.3) is 0 Å². The molecule has 0 saturated carbocycles. The number of thiazole rings is 1. The molecule has 2 aromatic rings. The first-order chi connectivity index (χ1) is 9.00. The minimum absolute atomic E-state index is 0.313. The van der Waals surface area contributed by atoms with Gasteiger partial charge in [0.1, 0.15) is 0 Å². The van der Waals surface area contributed by atoms with E-state index < -0.39 is 0 Å². The molecular weight excluding hydrogens is 256 g/mol. The van der Waals surface area contributed by atoms with Crippen LogP contribution in [0.1, 0.15) is 36.9 Å². The van der Waals surface area contributed by atoms with Crippen LogP contribution in [0.15, 0.2) is 12.4 Å². The van der Waals surface area contributed by atoms with Crippen molar-refractivity contribution in [3.05, 3.63) is 23.0 Å². The third-order valence-corrected chi connectivity index (χ3v) is 5.01. The van der Waals surface area contributed by atoms with Crippen LogP contribution >= 0.6 is 11.3 Å². The average Bonchev–Trinajstić information content (AvgIpc) is 2.92. The summed E-state index contributed by atoms with van der Waals surface area (Å²) in [6.45, 7) is 4.64. The Morgan fingerprint density at radius 1 is 1.47 bits per heavy atom. The molecule has 0 bridgehead atoms. The van der Waals surface area contributed by atoms with Gasteiger partial charge in [0, 0.05) is 30.4 Å². The molecule has 0 aliphatic heterocycles. The van der Waals surface area contributed by atoms with Crippen molar-refractivity contribution in [2.45, 2.75) is 32.7 Å². The summed E-state index contributed by atoms with van der Waals surface area (Å²) in [5.41, 5.74) is 1.56. The standard InChI is InChI=1S/C14H20N4S/c1-14(2)7-9(15-3)11-10(8-14)17-13(19-11)12-16-5-6-18(12)4/h5-6,9,15H,7-8H2,1-4H3. The van der Waals surface area contributed by atoms with Gasteiger partial charge < -0.3 is 9.88 Å². The van der Waals surface area contributed by atoms with Crippen molar-refractivity contribution in [2.24, 2.45) is 12.5 Å². The summed E-state index contributed by atoms with van der Waals surface area (Å²) in [6, 6.07) is 0.422. The molecule has 2 heterocycles. The van der Waals surface area contributed by atoms with E-state index in [4.69, 9.17) is 4.98 Å². The van der Waals surface area contributed by atoms with E-state index in [9.17, 15) is 0 Å². The zero-order valence-electron chi connectivity index (χ0n) is 11.9. The number of hydrogen-bond donors (Lipinski definition) is 1. The second kappa shape index (κ2) is 4.42. The molecule has 2 aromatic heterocycles. The molecule has 4 nitrogen and oxygen atoms in total. The molecule has 1 N–H and O–H groups in total. The molecule has 5 heteroatoms. The molecule has 1 aliphatic rings. The molecule has 19 heavy (non-hydrogen) atoms. The Morgan fingerprint density at radius 3 is 2.89 bits per heavy atom. The quantitative estimate of drug-likeness (QED) is 0.917. The molecule has 0 aromatic carbocycles. The maximum absolute atomic E-state index is 4.84. The number of nitrogens with one attached hydrogen (secondary N) is 1. The fourth-order valence-electron chi connectivity index (χ4n) is 2.83. The fraction of sp³-hybridized carbons (Fsp3) is 0.571. The molecule has 0 fully saturated rings. The number of nitrogens with zero attached hydrogens (tertiary/aromatic N) is 3. The third-order valence-electron chi connectivity index (χ3n) is 3.81. The number of imidazole rings is 1. The lowest BCUT2D eigenvalue weighted by Crippen LogP contribution is -2.30. The number of rotatable bonds is 2. The predicted molar refractivity (Wildman–Crippen MR) is 78.2 cm³/mol. The van der Waals surface area contributed by atoms with Crippen molar-refractivity contribution < 1.29 is 0 Å². The summed E-state index contributed by atoms with van der Waals surface area (Å²) < 4.78 is 2.03. The molecule has 0 spiro atoms. The van der Waals surface area contributed by atoms with Gasteiger partial charge in [0.15, 0.2) is 10.8 Å². The van der Waals surface area contributed by atoms with Gasteiger partial charge >= 0.3 is 0 Å². The van der Waals surface area contributed by atoms with Crippen LogP contribution in [0, 0.1) is 5.41 Å². The molecule has 1 aliphatic carbocycles. The van der Waals surface area contributed by atoms with Crippen molar-refractivity contribution in [1.82, 2.24) is 19.9 Å². The number of fused-ring (bicyclic) bond motifs is 1. The lowest BCUT2D eigenvalue weighted by atomic mass is 9.76. The van der Waals surface area contributed by atoms with E-state index in [1.54, 1.807) is 11.3 Å². The molecule has 3 rings (SSSR count). The predicted octanol–water partition coefficient (Wildman–Crippen LogP) is 2.78. The highest BCUT2D eigenvalue weighted by molar-refractivity contribution is 7.15. The summed E-state index contributed by atoms with van der Waals surface area (Å²) >= 11 is 1.78. The maximum atomic E-state index is 4.84. The summed E-state index contributed by atoms with van der Waals surface area (Å²) in [6.07, 6.45) is 6.02. The normalized spacial score (nSPS) is 21.4. The molecule has 0 saturated heterocycles. The van der Waals surface area contributed by atoms with Crippen molar-refractivity contribution in [1.29, 1.82) is 0 Å². The van der Waals surface area contributed by atoms with E-state index in [1.807, 2.05) is 31.1 Å². The summed E-state index contributed by atoms with van der Waals surface area (Å²) in [7, 11) is 4.05. The minimum Gasteiger partial charge on any atom is -0.332 e. The van der Waals surface area contributed by atoms with Gasteiger partial charge in [-0.15, -0.1) is 11.3 Å². The highest BCUT2D eigenvalue weighted by Gasteiger charge is 2.34. The van der Waals surface area contributed by atoms with E-state index in [2.05, 4.69) is 24.1 Å². The Morgan fingerprint density at radius 2 is 2.26 bits per heavy atom. The summed E-state index contributed by atoms with van der Waals surface area (Å²) in [5.74, 6) is 0.965. The fourth-order valence-corrected chi connectivity index (χ4v) is 4.06. The molecule has 0 amide bonds. The minimum atomic E-state index is 0.313. The number of hydrogen-bond acceptors (Lipinski definition) is 4. The molecule has 0 radical (unpaired) electrons. The van der Waals surface area contributed by atoms with Crippen LogP contribution in [0.5, 0.6) is 0 Å². The smallest absolute Gasteiger partial charge is 0.168 e. The van der Waals surface area contributed by atoms with Crippen LogP contribution in [-0.2, 0) is 13.5 Å². The third kappa shape index (κ3) is 2.21. The van der Waals surface area contributed by atoms with Gasteiger partial charge in [0.05, 0.1) is 5.69 Å². The van der Waals surface area contributed by atoms with Crippen LogP contribution in [-0.4, -0.2) is 21.6 Å². The summed E-state index contributed by atoms with van der Waals surface area (Å²) in [5, 5.41) is 4.47. The number of aryl methyl sites for hydroxylation is 1. The first-order valence-electron chi connectivity index (χ1n) is 6.65. The Bertz CT molecular complexity index is 596.